The summed E-state index contributed by atoms with van der Waals surface area (Å²) in [6.07, 6.45) is 1.86. The van der Waals surface area contributed by atoms with Gasteiger partial charge in [-0.1, -0.05) is 13.8 Å². The van der Waals surface area contributed by atoms with Gasteiger partial charge in [-0.2, -0.15) is 5.10 Å². The molecule has 1 aromatic heterocycles. The van der Waals surface area contributed by atoms with Gasteiger partial charge in [0.15, 0.2) is 5.69 Å². The molecule has 0 aromatic carbocycles. The first-order valence-electron chi connectivity index (χ1n) is 5.71. The Labute approximate surface area is 106 Å². The van der Waals surface area contributed by atoms with E-state index in [2.05, 4.69) is 10.2 Å². The van der Waals surface area contributed by atoms with Crippen LogP contribution in [0, 0.1) is 5.92 Å². The Morgan fingerprint density at radius 1 is 1.44 bits per heavy atom. The highest BCUT2D eigenvalue weighted by Gasteiger charge is 2.28. The van der Waals surface area contributed by atoms with Gasteiger partial charge >= 0.3 is 5.97 Å². The maximum atomic E-state index is 12.0. The first-order chi connectivity index (χ1) is 8.43. The van der Waals surface area contributed by atoms with Crippen molar-refractivity contribution in [1.29, 1.82) is 0 Å². The van der Waals surface area contributed by atoms with Crippen molar-refractivity contribution in [3.63, 3.8) is 0 Å². The Hall–Kier alpha value is -1.98. The zero-order valence-corrected chi connectivity index (χ0v) is 10.7. The minimum Gasteiger partial charge on any atom is -0.480 e. The van der Waals surface area contributed by atoms with Crippen LogP contribution in [0.15, 0.2) is 18.3 Å². The van der Waals surface area contributed by atoms with Crippen LogP contribution in [-0.2, 0) is 4.79 Å². The molecule has 1 aromatic rings. The summed E-state index contributed by atoms with van der Waals surface area (Å²) < 4.78 is 0. The second kappa shape index (κ2) is 6.09. The van der Waals surface area contributed by atoms with E-state index in [1.807, 2.05) is 13.8 Å². The molecule has 0 fully saturated rings. The van der Waals surface area contributed by atoms with Gasteiger partial charge < -0.3 is 10.0 Å². The molecule has 0 aliphatic rings. The number of carbonyl (C=O) groups is 2. The molecular formula is C12H17N3O3. The number of hydrogen-bond donors (Lipinski definition) is 1. The van der Waals surface area contributed by atoms with Crippen LogP contribution in [0.2, 0.25) is 0 Å². The van der Waals surface area contributed by atoms with Gasteiger partial charge in [-0.3, -0.25) is 4.79 Å². The monoisotopic (exact) mass is 251 g/mol. The molecule has 1 rings (SSSR count). The molecule has 0 aliphatic carbocycles. The lowest BCUT2D eigenvalue weighted by Crippen LogP contribution is -2.43. The lowest BCUT2D eigenvalue weighted by Gasteiger charge is -2.25. The number of carbonyl (C=O) groups excluding carboxylic acids is 1. The van der Waals surface area contributed by atoms with E-state index >= 15 is 0 Å². The summed E-state index contributed by atoms with van der Waals surface area (Å²) >= 11 is 0. The van der Waals surface area contributed by atoms with Crippen LogP contribution in [0.1, 0.15) is 30.8 Å². The molecule has 1 amide bonds. The van der Waals surface area contributed by atoms with Crippen LogP contribution >= 0.6 is 0 Å². The van der Waals surface area contributed by atoms with Crippen LogP contribution in [0.4, 0.5) is 0 Å². The molecule has 0 aliphatic heterocycles. The largest absolute Gasteiger partial charge is 0.480 e. The molecule has 1 N–H and O–H groups in total. The number of rotatable bonds is 5. The zero-order valence-electron chi connectivity index (χ0n) is 10.7. The van der Waals surface area contributed by atoms with E-state index < -0.39 is 17.9 Å². The number of carboxylic acids is 1. The summed E-state index contributed by atoms with van der Waals surface area (Å²) in [4.78, 5) is 24.4. The molecule has 0 bridgehead atoms. The van der Waals surface area contributed by atoms with E-state index in [1.165, 1.54) is 24.2 Å². The number of amides is 1. The molecule has 0 saturated heterocycles. The van der Waals surface area contributed by atoms with Crippen molar-refractivity contribution >= 4 is 11.9 Å². The third-order valence-corrected chi connectivity index (χ3v) is 2.56. The number of likely N-dealkylation sites (N-methyl/N-ethyl adjacent to an activating group) is 1. The highest BCUT2D eigenvalue weighted by atomic mass is 16.4. The average Bonchev–Trinajstić information content (AvgIpc) is 2.34. The highest BCUT2D eigenvalue weighted by Crippen LogP contribution is 2.12. The molecule has 1 heterocycles. The molecular weight excluding hydrogens is 234 g/mol. The molecule has 18 heavy (non-hydrogen) atoms. The van der Waals surface area contributed by atoms with E-state index in [0.717, 1.165) is 0 Å². The topological polar surface area (TPSA) is 83.4 Å². The third kappa shape index (κ3) is 3.51. The number of nitrogens with zero attached hydrogens (tertiary/aromatic N) is 3. The Bertz CT molecular complexity index is 420. The third-order valence-electron chi connectivity index (χ3n) is 2.56. The molecule has 0 saturated carbocycles. The fourth-order valence-electron chi connectivity index (χ4n) is 1.61. The maximum absolute atomic E-state index is 12.0. The van der Waals surface area contributed by atoms with Gasteiger partial charge in [0.05, 0.1) is 0 Å². The van der Waals surface area contributed by atoms with E-state index in [0.29, 0.717) is 6.42 Å². The van der Waals surface area contributed by atoms with E-state index in [-0.39, 0.29) is 11.6 Å². The normalized spacial score (nSPS) is 12.2. The fraction of sp³-hybridized carbons (Fsp3) is 0.500. The molecule has 1 unspecified atom stereocenters. The van der Waals surface area contributed by atoms with Gasteiger partial charge in [0.1, 0.15) is 6.04 Å². The van der Waals surface area contributed by atoms with Crippen LogP contribution in [0.5, 0.6) is 0 Å². The minimum atomic E-state index is -1.01. The highest BCUT2D eigenvalue weighted by molar-refractivity contribution is 5.94. The quantitative estimate of drug-likeness (QED) is 0.845. The summed E-state index contributed by atoms with van der Waals surface area (Å²) in [6.45, 7) is 3.83. The summed E-state index contributed by atoms with van der Waals surface area (Å²) in [5, 5.41) is 16.5. The first kappa shape index (κ1) is 14.1. The van der Waals surface area contributed by atoms with Crippen molar-refractivity contribution in [3.8, 4) is 0 Å². The maximum Gasteiger partial charge on any atom is 0.326 e. The number of aliphatic carboxylic acids is 1. The summed E-state index contributed by atoms with van der Waals surface area (Å²) in [5.41, 5.74) is 0.148. The standard InChI is InChI=1S/C12H17N3O3/c1-8(2)7-10(12(17)18)15(3)11(16)9-5-4-6-13-14-9/h4-6,8,10H,7H2,1-3H3,(H,17,18). The van der Waals surface area contributed by atoms with Crippen molar-refractivity contribution < 1.29 is 14.7 Å². The predicted octanol–water partition coefficient (Wildman–Crippen LogP) is 1.05. The Kier molecular flexibility index (Phi) is 4.76. The van der Waals surface area contributed by atoms with Crippen molar-refractivity contribution in [2.45, 2.75) is 26.3 Å². The molecule has 6 nitrogen and oxygen atoms in total. The van der Waals surface area contributed by atoms with Crippen LogP contribution < -0.4 is 0 Å². The SMILES string of the molecule is CC(C)CC(C(=O)O)N(C)C(=O)c1cccnn1. The summed E-state index contributed by atoms with van der Waals surface area (Å²) in [5.74, 6) is -1.26. The lowest BCUT2D eigenvalue weighted by molar-refractivity contribution is -0.142. The van der Waals surface area contributed by atoms with Crippen LogP contribution in [0.3, 0.4) is 0 Å². The molecule has 0 spiro atoms. The van der Waals surface area contributed by atoms with E-state index in [4.69, 9.17) is 5.11 Å². The fourth-order valence-corrected chi connectivity index (χ4v) is 1.61. The number of hydrogen-bond acceptors (Lipinski definition) is 4. The minimum absolute atomic E-state index is 0.148. The molecule has 1 atom stereocenters. The van der Waals surface area contributed by atoms with Crippen LogP contribution in [-0.4, -0.2) is 45.2 Å². The number of aromatic nitrogens is 2. The summed E-state index contributed by atoms with van der Waals surface area (Å²) in [7, 11) is 1.47. The van der Waals surface area contributed by atoms with Gasteiger partial charge in [-0.15, -0.1) is 5.10 Å². The Morgan fingerprint density at radius 3 is 2.56 bits per heavy atom. The van der Waals surface area contributed by atoms with E-state index in [9.17, 15) is 9.59 Å². The average molecular weight is 251 g/mol. The van der Waals surface area contributed by atoms with Crippen molar-refractivity contribution in [3.05, 3.63) is 24.0 Å². The molecule has 0 radical (unpaired) electrons. The van der Waals surface area contributed by atoms with Crippen molar-refractivity contribution in [2.24, 2.45) is 5.92 Å². The van der Waals surface area contributed by atoms with Gasteiger partial charge in [0, 0.05) is 13.2 Å². The van der Waals surface area contributed by atoms with Crippen LogP contribution in [0.25, 0.3) is 0 Å². The molecule has 6 heteroatoms. The van der Waals surface area contributed by atoms with Gasteiger partial charge in [0.25, 0.3) is 5.91 Å². The van der Waals surface area contributed by atoms with Crippen molar-refractivity contribution in [1.82, 2.24) is 15.1 Å². The predicted molar refractivity (Wildman–Crippen MR) is 65.0 cm³/mol. The van der Waals surface area contributed by atoms with Gasteiger partial charge in [-0.25, -0.2) is 4.79 Å². The number of carboxylic acid groups (broad SMARTS) is 1. The van der Waals surface area contributed by atoms with Gasteiger partial charge in [0.2, 0.25) is 0 Å². The Balaban J connectivity index is 2.86. The second-order valence-corrected chi connectivity index (χ2v) is 4.51. The Morgan fingerprint density at radius 2 is 2.11 bits per heavy atom. The van der Waals surface area contributed by atoms with E-state index in [1.54, 1.807) is 6.07 Å². The van der Waals surface area contributed by atoms with Crippen molar-refractivity contribution in [2.75, 3.05) is 7.05 Å². The second-order valence-electron chi connectivity index (χ2n) is 4.51. The molecule has 98 valence electrons. The summed E-state index contributed by atoms with van der Waals surface area (Å²) in [6, 6.07) is 2.26. The smallest absolute Gasteiger partial charge is 0.326 e. The van der Waals surface area contributed by atoms with Gasteiger partial charge in [-0.05, 0) is 24.5 Å². The first-order valence-corrected chi connectivity index (χ1v) is 5.71. The lowest BCUT2D eigenvalue weighted by atomic mass is 10.0. The zero-order chi connectivity index (χ0) is 13.7.